The first kappa shape index (κ1) is 45.2. The summed E-state index contributed by atoms with van der Waals surface area (Å²) in [5.41, 5.74) is 19.4. The van der Waals surface area contributed by atoms with Gasteiger partial charge in [-0.1, -0.05) is 149 Å². The molecule has 0 unspecified atom stereocenters. The van der Waals surface area contributed by atoms with Crippen LogP contribution in [0, 0.1) is 27.6 Å². The minimum atomic E-state index is -1.20. The highest BCUT2D eigenvalue weighted by Gasteiger charge is 2.78. The fourth-order valence-electron chi connectivity index (χ4n) is 11.4. The number of nitrogens with two attached hydrogens (primary N) is 4. The van der Waals surface area contributed by atoms with E-state index in [-0.39, 0.29) is 32.1 Å². The minimum absolute atomic E-state index is 0.163. The Morgan fingerprint density at radius 3 is 0.981 bits per heavy atom. The summed E-state index contributed by atoms with van der Waals surface area (Å²) in [6.45, 7) is 8.03. The minimum Gasteiger partial charge on any atom is -0.369 e. The standard InChI is InChI=1S/C44H81N5O4/c1-3-5-7-9-11-13-15-17-20-24-28-49(29-25-21-18-16-14-12-10-8-6-4-2)30-26-22-19-23-27-36-43(39(47)52)32-41(37(45)50)31-42(34-43,38(46)51)35-44(36,33-41)40(48)53/h36H,3-35H2,1-2H3,(H2,45,50)(H2,46,51)(H2,47,52)(H2,48,53). The van der Waals surface area contributed by atoms with Gasteiger partial charge in [0.15, 0.2) is 0 Å². The second-order valence-corrected chi connectivity index (χ2v) is 18.2. The Hall–Kier alpha value is -2.16. The van der Waals surface area contributed by atoms with E-state index in [0.29, 0.717) is 6.42 Å². The van der Waals surface area contributed by atoms with Gasteiger partial charge in [-0.2, -0.15) is 0 Å². The summed E-state index contributed by atoms with van der Waals surface area (Å²) in [7, 11) is 0. The summed E-state index contributed by atoms with van der Waals surface area (Å²) < 4.78 is 0. The summed E-state index contributed by atoms with van der Waals surface area (Å²) in [5.74, 6) is -2.76. The van der Waals surface area contributed by atoms with Crippen LogP contribution < -0.4 is 22.9 Å². The number of rotatable bonds is 33. The Labute approximate surface area is 323 Å². The maximum absolute atomic E-state index is 13.3. The molecule has 0 radical (unpaired) electrons. The topological polar surface area (TPSA) is 176 Å². The lowest BCUT2D eigenvalue weighted by molar-refractivity contribution is -0.227. The average molecular weight is 744 g/mol. The first-order valence-electron chi connectivity index (χ1n) is 22.4. The Bertz CT molecular complexity index is 1050. The van der Waals surface area contributed by atoms with E-state index in [1.165, 1.54) is 142 Å². The molecule has 0 heterocycles. The lowest BCUT2D eigenvalue weighted by atomic mass is 9.31. The predicted octanol–water partition coefficient (Wildman–Crippen LogP) is 8.58. The van der Waals surface area contributed by atoms with E-state index in [0.717, 1.165) is 32.2 Å². The lowest BCUT2D eigenvalue weighted by Crippen LogP contribution is -2.75. The van der Waals surface area contributed by atoms with Crippen LogP contribution in [0.25, 0.3) is 0 Å². The van der Waals surface area contributed by atoms with Crippen molar-refractivity contribution >= 4 is 23.6 Å². The van der Waals surface area contributed by atoms with Crippen LogP contribution in [0.2, 0.25) is 0 Å². The molecule has 0 aromatic heterocycles. The predicted molar refractivity (Wildman–Crippen MR) is 216 cm³/mol. The Morgan fingerprint density at radius 1 is 0.415 bits per heavy atom. The zero-order chi connectivity index (χ0) is 38.8. The molecule has 4 aliphatic carbocycles. The molecule has 4 amide bonds. The van der Waals surface area contributed by atoms with E-state index in [9.17, 15) is 19.2 Å². The molecular weight excluding hydrogens is 663 g/mol. The third-order valence-corrected chi connectivity index (χ3v) is 14.0. The highest BCUT2D eigenvalue weighted by molar-refractivity contribution is 5.95. The molecular formula is C44H81N5O4. The van der Waals surface area contributed by atoms with Gasteiger partial charge in [-0.3, -0.25) is 19.2 Å². The van der Waals surface area contributed by atoms with Crippen LogP contribution in [-0.2, 0) is 19.2 Å². The third kappa shape index (κ3) is 12.2. The van der Waals surface area contributed by atoms with Crippen LogP contribution in [0.5, 0.6) is 0 Å². The molecule has 53 heavy (non-hydrogen) atoms. The largest absolute Gasteiger partial charge is 0.369 e. The van der Waals surface area contributed by atoms with E-state index < -0.39 is 51.2 Å². The average Bonchev–Trinajstić information content (AvgIpc) is 3.11. The van der Waals surface area contributed by atoms with Crippen molar-refractivity contribution in [1.82, 2.24) is 4.90 Å². The van der Waals surface area contributed by atoms with Gasteiger partial charge in [0.25, 0.3) is 0 Å². The first-order chi connectivity index (χ1) is 25.4. The third-order valence-electron chi connectivity index (χ3n) is 14.0. The van der Waals surface area contributed by atoms with Gasteiger partial charge in [0.1, 0.15) is 0 Å². The summed E-state index contributed by atoms with van der Waals surface area (Å²) >= 11 is 0. The molecule has 0 aromatic carbocycles. The molecule has 0 spiro atoms. The molecule has 0 atom stereocenters. The van der Waals surface area contributed by atoms with Crippen molar-refractivity contribution < 1.29 is 19.2 Å². The number of primary amides is 4. The molecule has 9 nitrogen and oxygen atoms in total. The second-order valence-electron chi connectivity index (χ2n) is 18.2. The highest BCUT2D eigenvalue weighted by atomic mass is 16.2. The van der Waals surface area contributed by atoms with E-state index in [2.05, 4.69) is 18.7 Å². The zero-order valence-corrected chi connectivity index (χ0v) is 34.3. The number of hydrogen-bond donors (Lipinski definition) is 4. The van der Waals surface area contributed by atoms with E-state index >= 15 is 0 Å². The van der Waals surface area contributed by atoms with Crippen LogP contribution in [0.1, 0.15) is 206 Å². The summed E-state index contributed by atoms with van der Waals surface area (Å²) in [5, 5.41) is 0. The number of carbonyl (C=O) groups is 4. The van der Waals surface area contributed by atoms with E-state index in [4.69, 9.17) is 22.9 Å². The lowest BCUT2D eigenvalue weighted by Gasteiger charge is -2.70. The number of unbranched alkanes of at least 4 members (excludes halogenated alkanes) is 21. The molecule has 4 saturated carbocycles. The van der Waals surface area contributed by atoms with Crippen molar-refractivity contribution in [2.45, 2.75) is 206 Å². The van der Waals surface area contributed by atoms with Crippen LogP contribution in [0.15, 0.2) is 0 Å². The van der Waals surface area contributed by atoms with Gasteiger partial charge < -0.3 is 27.8 Å². The van der Waals surface area contributed by atoms with Gasteiger partial charge in [0.2, 0.25) is 23.6 Å². The normalized spacial score (nSPS) is 27.4. The van der Waals surface area contributed by atoms with Crippen molar-refractivity contribution in [3.63, 3.8) is 0 Å². The van der Waals surface area contributed by atoms with Gasteiger partial charge in [-0.15, -0.1) is 0 Å². The number of carbonyl (C=O) groups excluding carboxylic acids is 4. The van der Waals surface area contributed by atoms with Crippen LogP contribution in [0.3, 0.4) is 0 Å². The molecule has 9 heteroatoms. The molecule has 0 saturated heterocycles. The number of nitrogens with zero attached hydrogens (tertiary/aromatic N) is 1. The van der Waals surface area contributed by atoms with Gasteiger partial charge in [-0.25, -0.2) is 0 Å². The summed E-state index contributed by atoms with van der Waals surface area (Å²) in [6.07, 6.45) is 32.6. The van der Waals surface area contributed by atoms with Gasteiger partial charge in [-0.05, 0) is 83.3 Å². The molecule has 4 rings (SSSR count). The molecule has 0 aliphatic heterocycles. The fraction of sp³-hybridized carbons (Fsp3) is 0.909. The van der Waals surface area contributed by atoms with Crippen molar-refractivity contribution in [2.75, 3.05) is 19.6 Å². The zero-order valence-electron chi connectivity index (χ0n) is 34.3. The van der Waals surface area contributed by atoms with Crippen LogP contribution in [-0.4, -0.2) is 48.2 Å². The van der Waals surface area contributed by atoms with Crippen molar-refractivity contribution in [3.8, 4) is 0 Å². The van der Waals surface area contributed by atoms with Crippen molar-refractivity contribution in [2.24, 2.45) is 50.5 Å². The van der Waals surface area contributed by atoms with Crippen LogP contribution >= 0.6 is 0 Å². The SMILES string of the molecule is CCCCCCCCCCCCN(CCCCCCCCCCCC)CCCCCCC1C2(C(N)=O)CC3(C(N)=O)CC(C(N)=O)(C2)CC1(C(N)=O)C3. The van der Waals surface area contributed by atoms with E-state index in [1.807, 2.05) is 0 Å². The maximum Gasteiger partial charge on any atom is 0.224 e. The van der Waals surface area contributed by atoms with Crippen molar-refractivity contribution in [1.29, 1.82) is 0 Å². The summed E-state index contributed by atoms with van der Waals surface area (Å²) in [6, 6.07) is 0. The second kappa shape index (κ2) is 22.4. The molecule has 306 valence electrons. The van der Waals surface area contributed by atoms with Gasteiger partial charge >= 0.3 is 0 Å². The van der Waals surface area contributed by atoms with Gasteiger partial charge in [0.05, 0.1) is 21.7 Å². The molecule has 8 N–H and O–H groups in total. The molecule has 0 aromatic rings. The van der Waals surface area contributed by atoms with E-state index in [1.54, 1.807) is 0 Å². The number of hydrogen-bond acceptors (Lipinski definition) is 5. The fourth-order valence-corrected chi connectivity index (χ4v) is 11.4. The monoisotopic (exact) mass is 744 g/mol. The Morgan fingerprint density at radius 2 is 0.698 bits per heavy atom. The maximum atomic E-state index is 13.3. The number of amides is 4. The molecule has 4 bridgehead atoms. The van der Waals surface area contributed by atoms with Gasteiger partial charge in [0, 0.05) is 0 Å². The smallest absolute Gasteiger partial charge is 0.224 e. The molecule has 4 aliphatic rings. The molecule has 4 fully saturated rings. The first-order valence-corrected chi connectivity index (χ1v) is 22.4. The quantitative estimate of drug-likeness (QED) is 0.0492. The Kier molecular flexibility index (Phi) is 19.1. The Balaban J connectivity index is 1.49. The summed E-state index contributed by atoms with van der Waals surface area (Å²) in [4.78, 5) is 55.3. The highest BCUT2D eigenvalue weighted by Crippen LogP contribution is 2.76. The van der Waals surface area contributed by atoms with Crippen LogP contribution in [0.4, 0.5) is 0 Å². The van der Waals surface area contributed by atoms with Crippen molar-refractivity contribution in [3.05, 3.63) is 0 Å².